The molecule has 1 aromatic rings. The molecule has 3 amide bonds. The second-order valence-corrected chi connectivity index (χ2v) is 11.1. The van der Waals surface area contributed by atoms with Gasteiger partial charge in [-0.1, -0.05) is 71.6 Å². The summed E-state index contributed by atoms with van der Waals surface area (Å²) in [6.45, 7) is 18.5. The normalized spacial score (nSPS) is 13.9. The maximum absolute atomic E-state index is 14.3. The molecule has 0 saturated heterocycles. The number of nitrogens with one attached hydrogen (secondary N) is 2. The Hall–Kier alpha value is -2.57. The Morgan fingerprint density at radius 2 is 1.65 bits per heavy atom. The molecule has 2 N–H and O–H groups in total. The van der Waals surface area contributed by atoms with Crippen LogP contribution in [0.1, 0.15) is 110 Å². The van der Waals surface area contributed by atoms with Crippen molar-refractivity contribution in [1.29, 1.82) is 0 Å². The van der Waals surface area contributed by atoms with Gasteiger partial charge in [0.05, 0.1) is 0 Å². The van der Waals surface area contributed by atoms with E-state index in [4.69, 9.17) is 4.74 Å². The molecule has 0 bridgehead atoms. The van der Waals surface area contributed by atoms with Gasteiger partial charge in [0.25, 0.3) is 0 Å². The predicted octanol–water partition coefficient (Wildman–Crippen LogP) is 6.22. The molecule has 0 radical (unpaired) electrons. The maximum atomic E-state index is 14.3. The number of carbonyl (C=O) groups excluding carboxylic acids is 3. The van der Waals surface area contributed by atoms with Gasteiger partial charge in [-0.2, -0.15) is 0 Å². The number of unbranched alkanes of at least 4 members (excludes halogenated alkanes) is 3. The van der Waals surface area contributed by atoms with Gasteiger partial charge in [0, 0.05) is 13.1 Å². The summed E-state index contributed by atoms with van der Waals surface area (Å²) in [4.78, 5) is 42.4. The number of aryl methyl sites for hydroxylation is 1. The van der Waals surface area contributed by atoms with Gasteiger partial charge in [0.15, 0.2) is 0 Å². The highest BCUT2D eigenvalue weighted by Crippen LogP contribution is 2.29. The van der Waals surface area contributed by atoms with E-state index in [1.54, 1.807) is 25.7 Å². The third kappa shape index (κ3) is 10.4. The van der Waals surface area contributed by atoms with Gasteiger partial charge in [-0.15, -0.1) is 0 Å². The van der Waals surface area contributed by atoms with E-state index in [0.717, 1.165) is 48.8 Å². The SMILES string of the molecule is CCCCCN(C(=O)C(NC(=O)OC(C)(C)C)C(C)CC)C(C(=O)NCCCC)c1cccc(C)c1C. The summed E-state index contributed by atoms with van der Waals surface area (Å²) >= 11 is 0. The molecule has 0 heterocycles. The molecule has 1 aromatic carbocycles. The minimum atomic E-state index is -0.808. The summed E-state index contributed by atoms with van der Waals surface area (Å²) in [5.74, 6) is -0.587. The molecule has 0 aliphatic rings. The van der Waals surface area contributed by atoms with E-state index in [0.29, 0.717) is 19.5 Å². The fourth-order valence-corrected chi connectivity index (χ4v) is 4.20. The summed E-state index contributed by atoms with van der Waals surface area (Å²) < 4.78 is 5.48. The molecule has 0 aliphatic heterocycles. The summed E-state index contributed by atoms with van der Waals surface area (Å²) in [5.41, 5.74) is 2.19. The van der Waals surface area contributed by atoms with E-state index in [9.17, 15) is 14.4 Å². The monoisotopic (exact) mass is 517 g/mol. The van der Waals surface area contributed by atoms with Gasteiger partial charge in [-0.25, -0.2) is 4.79 Å². The standard InChI is InChI=1S/C30H51N3O4/c1-10-13-15-20-33(28(35)25(21(4)12-3)32-29(36)37-30(7,8)9)26(27(34)31-19-14-11-2)24-18-16-17-22(5)23(24)6/h16-18,21,25-26H,10-15,19-20H2,1-9H3,(H,31,34)(H,32,36). The Balaban J connectivity index is 3.55. The van der Waals surface area contributed by atoms with Gasteiger partial charge < -0.3 is 20.3 Å². The van der Waals surface area contributed by atoms with Crippen LogP contribution in [0.3, 0.4) is 0 Å². The van der Waals surface area contributed by atoms with Crippen LogP contribution >= 0.6 is 0 Å². The highest BCUT2D eigenvalue weighted by molar-refractivity contribution is 5.92. The minimum Gasteiger partial charge on any atom is -0.444 e. The Morgan fingerprint density at radius 1 is 1.00 bits per heavy atom. The van der Waals surface area contributed by atoms with Gasteiger partial charge in [0.2, 0.25) is 11.8 Å². The summed E-state index contributed by atoms with van der Waals surface area (Å²) in [6, 6.07) is 4.29. The number of hydrogen-bond acceptors (Lipinski definition) is 4. The van der Waals surface area contributed by atoms with Crippen LogP contribution in [0.5, 0.6) is 0 Å². The van der Waals surface area contributed by atoms with Crippen LogP contribution in [-0.4, -0.2) is 47.5 Å². The number of nitrogens with zero attached hydrogens (tertiary/aromatic N) is 1. The van der Waals surface area contributed by atoms with Crippen LogP contribution in [0.25, 0.3) is 0 Å². The van der Waals surface area contributed by atoms with Crippen molar-refractivity contribution in [3.8, 4) is 0 Å². The lowest BCUT2D eigenvalue weighted by atomic mass is 9.92. The van der Waals surface area contributed by atoms with E-state index >= 15 is 0 Å². The number of benzene rings is 1. The Morgan fingerprint density at radius 3 is 2.22 bits per heavy atom. The van der Waals surface area contributed by atoms with Gasteiger partial charge >= 0.3 is 6.09 Å². The van der Waals surface area contributed by atoms with Crippen LogP contribution < -0.4 is 10.6 Å². The number of ether oxygens (including phenoxy) is 1. The molecule has 1 rings (SSSR count). The van der Waals surface area contributed by atoms with E-state index in [2.05, 4.69) is 24.5 Å². The van der Waals surface area contributed by atoms with Crippen LogP contribution in [-0.2, 0) is 14.3 Å². The van der Waals surface area contributed by atoms with Gasteiger partial charge in [-0.3, -0.25) is 9.59 Å². The Bertz CT molecular complexity index is 878. The molecule has 0 aliphatic carbocycles. The molecular formula is C30H51N3O4. The van der Waals surface area contributed by atoms with Crippen molar-refractivity contribution in [2.75, 3.05) is 13.1 Å². The number of carbonyl (C=O) groups is 3. The van der Waals surface area contributed by atoms with Crippen molar-refractivity contribution < 1.29 is 19.1 Å². The fraction of sp³-hybridized carbons (Fsp3) is 0.700. The van der Waals surface area contributed by atoms with Crippen LogP contribution in [0, 0.1) is 19.8 Å². The molecule has 3 atom stereocenters. The molecule has 0 saturated carbocycles. The molecular weight excluding hydrogens is 466 g/mol. The molecule has 0 fully saturated rings. The zero-order chi connectivity index (χ0) is 28.2. The molecule has 7 nitrogen and oxygen atoms in total. The van der Waals surface area contributed by atoms with Crippen LogP contribution in [0.2, 0.25) is 0 Å². The van der Waals surface area contributed by atoms with Crippen molar-refractivity contribution in [2.24, 2.45) is 5.92 Å². The highest BCUT2D eigenvalue weighted by Gasteiger charge is 2.38. The average Bonchev–Trinajstić information content (AvgIpc) is 2.82. The molecule has 210 valence electrons. The molecule has 7 heteroatoms. The topological polar surface area (TPSA) is 87.7 Å². The van der Waals surface area contributed by atoms with Crippen molar-refractivity contribution in [3.05, 3.63) is 34.9 Å². The number of hydrogen-bond donors (Lipinski definition) is 2. The van der Waals surface area contributed by atoms with Crippen LogP contribution in [0.4, 0.5) is 4.79 Å². The van der Waals surface area contributed by atoms with E-state index in [-0.39, 0.29) is 17.7 Å². The minimum absolute atomic E-state index is 0.142. The molecule has 37 heavy (non-hydrogen) atoms. The van der Waals surface area contributed by atoms with Crippen LogP contribution in [0.15, 0.2) is 18.2 Å². The van der Waals surface area contributed by atoms with Crippen molar-refractivity contribution in [2.45, 2.75) is 119 Å². The number of rotatable bonds is 14. The van der Waals surface area contributed by atoms with E-state index in [1.165, 1.54) is 0 Å². The molecule has 0 aromatic heterocycles. The first-order valence-corrected chi connectivity index (χ1v) is 14.0. The largest absolute Gasteiger partial charge is 0.444 e. The average molecular weight is 518 g/mol. The van der Waals surface area contributed by atoms with Gasteiger partial charge in [0.1, 0.15) is 17.7 Å². The zero-order valence-corrected chi connectivity index (χ0v) is 24.7. The highest BCUT2D eigenvalue weighted by atomic mass is 16.6. The first-order valence-electron chi connectivity index (χ1n) is 14.0. The fourth-order valence-electron chi connectivity index (χ4n) is 4.20. The summed E-state index contributed by atoms with van der Waals surface area (Å²) in [6.07, 6.45) is 4.58. The summed E-state index contributed by atoms with van der Waals surface area (Å²) in [7, 11) is 0. The van der Waals surface area contributed by atoms with Crippen molar-refractivity contribution >= 4 is 17.9 Å². The lowest BCUT2D eigenvalue weighted by Gasteiger charge is -2.36. The quantitative estimate of drug-likeness (QED) is 0.287. The Kier molecular flexibility index (Phi) is 13.7. The first kappa shape index (κ1) is 32.5. The number of amides is 3. The third-order valence-corrected chi connectivity index (χ3v) is 6.77. The predicted molar refractivity (Wildman–Crippen MR) is 150 cm³/mol. The van der Waals surface area contributed by atoms with E-state index < -0.39 is 23.8 Å². The van der Waals surface area contributed by atoms with Crippen molar-refractivity contribution in [3.63, 3.8) is 0 Å². The molecule has 0 spiro atoms. The Labute approximate surface area is 225 Å². The maximum Gasteiger partial charge on any atom is 0.408 e. The van der Waals surface area contributed by atoms with E-state index in [1.807, 2.05) is 45.9 Å². The lowest BCUT2D eigenvalue weighted by Crippen LogP contribution is -2.55. The molecule has 3 unspecified atom stereocenters. The first-order chi connectivity index (χ1) is 17.4. The zero-order valence-electron chi connectivity index (χ0n) is 24.7. The second kappa shape index (κ2) is 15.6. The summed E-state index contributed by atoms with van der Waals surface area (Å²) in [5, 5.41) is 5.90. The van der Waals surface area contributed by atoms with Gasteiger partial charge in [-0.05, 0) is 70.1 Å². The second-order valence-electron chi connectivity index (χ2n) is 11.1. The van der Waals surface area contributed by atoms with Crippen molar-refractivity contribution in [1.82, 2.24) is 15.5 Å². The number of alkyl carbamates (subject to hydrolysis) is 1. The lowest BCUT2D eigenvalue weighted by molar-refractivity contribution is -0.143. The smallest absolute Gasteiger partial charge is 0.408 e. The third-order valence-electron chi connectivity index (χ3n) is 6.77.